The van der Waals surface area contributed by atoms with E-state index in [1.807, 2.05) is 6.92 Å². The fourth-order valence-corrected chi connectivity index (χ4v) is 0.371. The van der Waals surface area contributed by atoms with Crippen LogP contribution in [0.4, 0.5) is 0 Å². The Hall–Kier alpha value is -1.59. The molecule has 0 saturated heterocycles. The van der Waals surface area contributed by atoms with Gasteiger partial charge in [0.15, 0.2) is 0 Å². The summed E-state index contributed by atoms with van der Waals surface area (Å²) < 4.78 is 4.31. The Morgan fingerprint density at radius 3 is 1.93 bits per heavy atom. The van der Waals surface area contributed by atoms with Gasteiger partial charge in [0.1, 0.15) is 0 Å². The highest BCUT2D eigenvalue weighted by Gasteiger charge is 2.11. The minimum absolute atomic E-state index is 0.196. The number of aliphatic carboxylic acids is 2. The maximum Gasteiger partial charge on any atom is 0.417 e. The first-order valence-corrected chi connectivity index (χ1v) is 4.01. The molecule has 0 bridgehead atoms. The summed E-state index contributed by atoms with van der Waals surface area (Å²) in [5.41, 5.74) is 0. The summed E-state index contributed by atoms with van der Waals surface area (Å²) in [4.78, 5) is 29.0. The molecule has 0 aliphatic rings. The fraction of sp³-hybridized carbons (Fsp3) is 0.625. The van der Waals surface area contributed by atoms with Gasteiger partial charge in [-0.05, 0) is 6.42 Å². The van der Waals surface area contributed by atoms with Crippen LogP contribution in [-0.2, 0) is 19.1 Å². The van der Waals surface area contributed by atoms with Crippen molar-refractivity contribution in [1.82, 2.24) is 0 Å². The van der Waals surface area contributed by atoms with E-state index in [4.69, 9.17) is 15.0 Å². The maximum atomic E-state index is 10.2. The molecule has 0 saturated carbocycles. The van der Waals surface area contributed by atoms with Crippen LogP contribution in [0.2, 0.25) is 0 Å². The molecule has 2 N–H and O–H groups in total. The lowest BCUT2D eigenvalue weighted by atomic mass is 10.4. The first-order chi connectivity index (χ1) is 6.41. The second-order valence-electron chi connectivity index (χ2n) is 2.31. The van der Waals surface area contributed by atoms with Crippen LogP contribution in [-0.4, -0.2) is 34.7 Å². The van der Waals surface area contributed by atoms with Crippen molar-refractivity contribution in [2.45, 2.75) is 26.7 Å². The molecule has 0 heterocycles. The summed E-state index contributed by atoms with van der Waals surface area (Å²) in [6.45, 7) is 3.20. The Kier molecular flexibility index (Phi) is 10.1. The topological polar surface area (TPSA) is 101 Å². The van der Waals surface area contributed by atoms with Gasteiger partial charge in [-0.25, -0.2) is 9.59 Å². The van der Waals surface area contributed by atoms with Gasteiger partial charge in [-0.2, -0.15) is 0 Å². The number of rotatable bonds is 3. The van der Waals surface area contributed by atoms with Crippen molar-refractivity contribution >= 4 is 17.9 Å². The van der Waals surface area contributed by atoms with Crippen molar-refractivity contribution < 1.29 is 29.3 Å². The van der Waals surface area contributed by atoms with E-state index in [1.54, 1.807) is 0 Å². The monoisotopic (exact) mass is 206 g/mol. The van der Waals surface area contributed by atoms with Gasteiger partial charge in [-0.1, -0.05) is 13.3 Å². The Balaban J connectivity index is 0. The Morgan fingerprint density at radius 2 is 1.64 bits per heavy atom. The molecule has 0 aromatic heterocycles. The number of unbranched alkanes of at least 4 members (excludes halogenated alkanes) is 1. The van der Waals surface area contributed by atoms with Crippen molar-refractivity contribution in [3.63, 3.8) is 0 Å². The van der Waals surface area contributed by atoms with Gasteiger partial charge in [-0.3, -0.25) is 4.79 Å². The number of carboxylic acid groups (broad SMARTS) is 2. The average molecular weight is 206 g/mol. The number of hydrogen-bond donors (Lipinski definition) is 2. The Morgan fingerprint density at radius 1 is 1.21 bits per heavy atom. The number of esters is 1. The Bertz CT molecular complexity index is 194. The highest BCUT2D eigenvalue weighted by Crippen LogP contribution is 1.88. The van der Waals surface area contributed by atoms with E-state index in [2.05, 4.69) is 4.74 Å². The first kappa shape index (κ1) is 14.9. The van der Waals surface area contributed by atoms with Crippen LogP contribution in [0.5, 0.6) is 0 Å². The van der Waals surface area contributed by atoms with Gasteiger partial charge >= 0.3 is 11.9 Å². The zero-order valence-electron chi connectivity index (χ0n) is 8.15. The molecule has 0 aliphatic carbocycles. The number of carbonyl (C=O) groups is 3. The summed E-state index contributed by atoms with van der Waals surface area (Å²) in [6.07, 6.45) is 1.59. The van der Waals surface area contributed by atoms with Crippen molar-refractivity contribution in [2.24, 2.45) is 0 Å². The molecule has 0 unspecified atom stereocenters. The van der Waals surface area contributed by atoms with E-state index in [-0.39, 0.29) is 6.61 Å². The largest absolute Gasteiger partial charge is 0.481 e. The molecular weight excluding hydrogens is 192 g/mol. The fourth-order valence-electron chi connectivity index (χ4n) is 0.371. The second-order valence-corrected chi connectivity index (χ2v) is 2.31. The molecule has 0 amide bonds. The van der Waals surface area contributed by atoms with E-state index in [1.165, 1.54) is 0 Å². The summed E-state index contributed by atoms with van der Waals surface area (Å²) in [5.74, 6) is -3.54. The molecule has 0 atom stereocenters. The van der Waals surface area contributed by atoms with Gasteiger partial charge in [0.05, 0.1) is 6.61 Å². The quantitative estimate of drug-likeness (QED) is 0.396. The number of ether oxygens (including phenoxy) is 1. The van der Waals surface area contributed by atoms with Gasteiger partial charge in [0, 0.05) is 6.92 Å². The Labute approximate surface area is 81.5 Å². The van der Waals surface area contributed by atoms with Crippen LogP contribution < -0.4 is 0 Å². The smallest absolute Gasteiger partial charge is 0.417 e. The molecule has 82 valence electrons. The van der Waals surface area contributed by atoms with Crippen molar-refractivity contribution in [1.29, 1.82) is 0 Å². The number of carbonyl (C=O) groups excluding carboxylic acids is 1. The van der Waals surface area contributed by atoms with E-state index >= 15 is 0 Å². The van der Waals surface area contributed by atoms with Crippen LogP contribution in [0.15, 0.2) is 0 Å². The molecule has 14 heavy (non-hydrogen) atoms. The molecule has 0 aromatic rings. The maximum absolute atomic E-state index is 10.2. The summed E-state index contributed by atoms with van der Waals surface area (Å²) in [7, 11) is 0. The summed E-state index contributed by atoms with van der Waals surface area (Å²) in [6, 6.07) is 0. The molecule has 0 radical (unpaired) electrons. The van der Waals surface area contributed by atoms with Crippen LogP contribution >= 0.6 is 0 Å². The molecule has 6 nitrogen and oxygen atoms in total. The zero-order chi connectivity index (χ0) is 11.6. The second kappa shape index (κ2) is 9.50. The summed E-state index contributed by atoms with van der Waals surface area (Å²) >= 11 is 0. The molecular formula is C8H14O6. The SMILES string of the molecule is CC(=O)O.CCCCOC(=O)C(=O)O. The molecule has 0 rings (SSSR count). The highest BCUT2D eigenvalue weighted by atomic mass is 16.6. The van der Waals surface area contributed by atoms with Crippen LogP contribution in [0.3, 0.4) is 0 Å². The lowest BCUT2D eigenvalue weighted by molar-refractivity contribution is -0.163. The average Bonchev–Trinajstić information content (AvgIpc) is 2.03. The minimum Gasteiger partial charge on any atom is -0.481 e. The third-order valence-corrected chi connectivity index (χ3v) is 0.906. The first-order valence-electron chi connectivity index (χ1n) is 4.01. The normalized spacial score (nSPS) is 8.14. The van der Waals surface area contributed by atoms with Crippen LogP contribution in [0, 0.1) is 0 Å². The molecule has 0 aromatic carbocycles. The van der Waals surface area contributed by atoms with Crippen molar-refractivity contribution in [3.05, 3.63) is 0 Å². The van der Waals surface area contributed by atoms with E-state index < -0.39 is 17.9 Å². The van der Waals surface area contributed by atoms with E-state index in [9.17, 15) is 9.59 Å². The van der Waals surface area contributed by atoms with Gasteiger partial charge in [0.25, 0.3) is 5.97 Å². The lowest BCUT2D eigenvalue weighted by Gasteiger charge is -1.97. The third-order valence-electron chi connectivity index (χ3n) is 0.906. The van der Waals surface area contributed by atoms with Gasteiger partial charge in [0.2, 0.25) is 0 Å². The van der Waals surface area contributed by atoms with Crippen molar-refractivity contribution in [2.75, 3.05) is 6.61 Å². The third kappa shape index (κ3) is 16.8. The standard InChI is InChI=1S/C6H10O4.C2H4O2/c1-2-3-4-10-6(9)5(7)8;1-2(3)4/h2-4H2,1H3,(H,7,8);1H3,(H,3,4). The van der Waals surface area contributed by atoms with E-state index in [0.29, 0.717) is 6.42 Å². The molecule has 0 aliphatic heterocycles. The van der Waals surface area contributed by atoms with Crippen LogP contribution in [0.1, 0.15) is 26.7 Å². The number of hydrogen-bond acceptors (Lipinski definition) is 4. The van der Waals surface area contributed by atoms with Crippen LogP contribution in [0.25, 0.3) is 0 Å². The van der Waals surface area contributed by atoms with Gasteiger partial charge < -0.3 is 14.9 Å². The predicted molar refractivity (Wildman–Crippen MR) is 46.8 cm³/mol. The highest BCUT2D eigenvalue weighted by molar-refractivity contribution is 6.28. The van der Waals surface area contributed by atoms with E-state index in [0.717, 1.165) is 13.3 Å². The van der Waals surface area contributed by atoms with Gasteiger partial charge in [-0.15, -0.1) is 0 Å². The zero-order valence-corrected chi connectivity index (χ0v) is 8.15. The molecule has 0 spiro atoms. The number of carboxylic acids is 2. The molecule has 0 fully saturated rings. The minimum atomic E-state index is -1.53. The molecule has 6 heteroatoms. The predicted octanol–water partition coefficient (Wildman–Crippen LogP) is 0.505. The summed E-state index contributed by atoms with van der Waals surface area (Å²) in [5, 5.41) is 15.4. The lowest BCUT2D eigenvalue weighted by Crippen LogP contribution is -2.16. The van der Waals surface area contributed by atoms with Crippen molar-refractivity contribution in [3.8, 4) is 0 Å².